The van der Waals surface area contributed by atoms with Crippen LogP contribution < -0.4 is 11.1 Å². The van der Waals surface area contributed by atoms with E-state index < -0.39 is 0 Å². The molecule has 0 aliphatic carbocycles. The Bertz CT molecular complexity index is 700. The highest BCUT2D eigenvalue weighted by Crippen LogP contribution is 2.35. The highest BCUT2D eigenvalue weighted by molar-refractivity contribution is 6.05. The number of benzene rings is 2. The van der Waals surface area contributed by atoms with Gasteiger partial charge in [0.2, 0.25) is 5.91 Å². The molecule has 5 nitrogen and oxygen atoms in total. The number of hydrogen-bond donors (Lipinski definition) is 3. The summed E-state index contributed by atoms with van der Waals surface area (Å²) in [6.07, 6.45) is 0. The Labute approximate surface area is 142 Å². The summed E-state index contributed by atoms with van der Waals surface area (Å²) in [6.45, 7) is 7.43. The molecule has 2 aromatic carbocycles. The number of primary amides is 1. The fourth-order valence-electron chi connectivity index (χ4n) is 2.07. The summed E-state index contributed by atoms with van der Waals surface area (Å²) in [5.74, 6) is -0.473. The van der Waals surface area contributed by atoms with E-state index >= 15 is 0 Å². The molecule has 0 atom stereocenters. The molecule has 2 aromatic rings. The summed E-state index contributed by atoms with van der Waals surface area (Å²) in [7, 11) is 0. The van der Waals surface area contributed by atoms with Gasteiger partial charge in [0, 0.05) is 12.5 Å². The highest BCUT2D eigenvalue weighted by atomic mass is 16.3. The molecule has 0 saturated heterocycles. The molecule has 0 heterocycles. The maximum Gasteiger partial charge on any atom is 0.255 e. The Kier molecular flexibility index (Phi) is 6.53. The molecule has 0 unspecified atom stereocenters. The van der Waals surface area contributed by atoms with E-state index in [0.29, 0.717) is 11.3 Å². The zero-order chi connectivity index (χ0) is 18.3. The normalized spacial score (nSPS) is 10.3. The molecule has 24 heavy (non-hydrogen) atoms. The number of aromatic hydroxyl groups is 1. The minimum Gasteiger partial charge on any atom is -0.506 e. The first kappa shape index (κ1) is 19.2. The highest BCUT2D eigenvalue weighted by Gasteiger charge is 2.21. The molecule has 0 bridgehead atoms. The van der Waals surface area contributed by atoms with Crippen LogP contribution in [0.1, 0.15) is 43.6 Å². The van der Waals surface area contributed by atoms with Crippen LogP contribution in [0.5, 0.6) is 5.75 Å². The SMILES string of the molecule is CC(C)(C)c1cccc(O)c1NC(=O)c1ccccc1.CC(N)=O. The van der Waals surface area contributed by atoms with Gasteiger partial charge in [-0.1, -0.05) is 51.1 Å². The summed E-state index contributed by atoms with van der Waals surface area (Å²) in [4.78, 5) is 21.4. The second-order valence-corrected chi connectivity index (χ2v) is 6.38. The average molecular weight is 328 g/mol. The molecule has 0 fully saturated rings. The van der Waals surface area contributed by atoms with Crippen LogP contribution in [0.3, 0.4) is 0 Å². The fraction of sp³-hybridized carbons (Fsp3) is 0.263. The summed E-state index contributed by atoms with van der Waals surface area (Å²) in [5.41, 5.74) is 6.25. The lowest BCUT2D eigenvalue weighted by atomic mass is 9.85. The average Bonchev–Trinajstić information content (AvgIpc) is 2.48. The quantitative estimate of drug-likeness (QED) is 0.737. The van der Waals surface area contributed by atoms with E-state index in [2.05, 4.69) is 11.1 Å². The van der Waals surface area contributed by atoms with Gasteiger partial charge in [0.15, 0.2) is 0 Å². The number of phenols is 1. The van der Waals surface area contributed by atoms with Crippen LogP contribution in [0.2, 0.25) is 0 Å². The second kappa shape index (κ2) is 8.15. The van der Waals surface area contributed by atoms with Crippen LogP contribution in [-0.2, 0) is 10.2 Å². The lowest BCUT2D eigenvalue weighted by Crippen LogP contribution is -2.18. The van der Waals surface area contributed by atoms with Crippen molar-refractivity contribution in [2.75, 3.05) is 5.32 Å². The van der Waals surface area contributed by atoms with Gasteiger partial charge >= 0.3 is 0 Å². The molecular weight excluding hydrogens is 304 g/mol. The van der Waals surface area contributed by atoms with E-state index in [4.69, 9.17) is 0 Å². The first-order valence-electron chi connectivity index (χ1n) is 7.58. The number of carbonyl (C=O) groups is 2. The van der Waals surface area contributed by atoms with Gasteiger partial charge in [0.05, 0.1) is 5.69 Å². The Morgan fingerprint density at radius 2 is 1.54 bits per heavy atom. The van der Waals surface area contributed by atoms with E-state index in [0.717, 1.165) is 5.56 Å². The van der Waals surface area contributed by atoms with Crippen LogP contribution in [0.25, 0.3) is 0 Å². The van der Waals surface area contributed by atoms with Crippen molar-refractivity contribution in [3.8, 4) is 5.75 Å². The molecule has 2 amide bonds. The number of carbonyl (C=O) groups excluding carboxylic acids is 2. The van der Waals surface area contributed by atoms with Gasteiger partial charge in [0.1, 0.15) is 5.75 Å². The fourth-order valence-corrected chi connectivity index (χ4v) is 2.07. The predicted octanol–water partition coefficient (Wildman–Crippen LogP) is 3.43. The number of nitrogens with two attached hydrogens (primary N) is 1. The maximum atomic E-state index is 12.2. The molecule has 0 aliphatic rings. The van der Waals surface area contributed by atoms with Crippen molar-refractivity contribution in [2.24, 2.45) is 5.73 Å². The molecule has 0 radical (unpaired) electrons. The van der Waals surface area contributed by atoms with E-state index in [1.807, 2.05) is 45.0 Å². The lowest BCUT2D eigenvalue weighted by Gasteiger charge is -2.23. The Morgan fingerprint density at radius 3 is 2.04 bits per heavy atom. The number of phenolic OH excluding ortho intramolecular Hbond substituents is 1. The summed E-state index contributed by atoms with van der Waals surface area (Å²) < 4.78 is 0. The van der Waals surface area contributed by atoms with Gasteiger partial charge in [-0.25, -0.2) is 0 Å². The van der Waals surface area contributed by atoms with Crippen molar-refractivity contribution in [3.63, 3.8) is 0 Å². The van der Waals surface area contributed by atoms with Crippen LogP contribution in [-0.4, -0.2) is 16.9 Å². The zero-order valence-corrected chi connectivity index (χ0v) is 14.5. The molecule has 4 N–H and O–H groups in total. The van der Waals surface area contributed by atoms with Crippen LogP contribution in [0.15, 0.2) is 48.5 Å². The van der Waals surface area contributed by atoms with Gasteiger partial charge in [-0.15, -0.1) is 0 Å². The number of nitrogens with one attached hydrogen (secondary N) is 1. The molecule has 0 saturated carbocycles. The van der Waals surface area contributed by atoms with Gasteiger partial charge in [-0.2, -0.15) is 0 Å². The molecule has 5 heteroatoms. The third-order valence-corrected chi connectivity index (χ3v) is 3.12. The van der Waals surface area contributed by atoms with Gasteiger partial charge < -0.3 is 16.2 Å². The van der Waals surface area contributed by atoms with Gasteiger partial charge in [-0.05, 0) is 29.2 Å². The Hall–Kier alpha value is -2.82. The van der Waals surface area contributed by atoms with Crippen molar-refractivity contribution < 1.29 is 14.7 Å². The smallest absolute Gasteiger partial charge is 0.255 e. The first-order valence-corrected chi connectivity index (χ1v) is 7.58. The number of anilines is 1. The van der Waals surface area contributed by atoms with E-state index in [1.54, 1.807) is 24.3 Å². The molecule has 0 aliphatic heterocycles. The zero-order valence-electron chi connectivity index (χ0n) is 14.5. The Balaban J connectivity index is 0.000000648. The minimum absolute atomic E-state index is 0.0849. The van der Waals surface area contributed by atoms with E-state index in [1.165, 1.54) is 6.92 Å². The summed E-state index contributed by atoms with van der Waals surface area (Å²) in [6, 6.07) is 14.2. The monoisotopic (exact) mass is 328 g/mol. The molecule has 0 aromatic heterocycles. The predicted molar refractivity (Wildman–Crippen MR) is 96.1 cm³/mol. The summed E-state index contributed by atoms with van der Waals surface area (Å²) >= 11 is 0. The molecule has 2 rings (SSSR count). The van der Waals surface area contributed by atoms with Crippen molar-refractivity contribution in [3.05, 3.63) is 59.7 Å². The largest absolute Gasteiger partial charge is 0.506 e. The van der Waals surface area contributed by atoms with Crippen LogP contribution in [0.4, 0.5) is 5.69 Å². The molecule has 0 spiro atoms. The minimum atomic E-state index is -0.333. The standard InChI is InChI=1S/C17H19NO2.C2H5NO/c1-17(2,3)13-10-7-11-14(19)15(13)18-16(20)12-8-5-4-6-9-12;1-2(3)4/h4-11,19H,1-3H3,(H,18,20);1H3,(H2,3,4). The lowest BCUT2D eigenvalue weighted by molar-refractivity contribution is -0.115. The number of rotatable bonds is 2. The number of amides is 2. The second-order valence-electron chi connectivity index (χ2n) is 6.38. The van der Waals surface area contributed by atoms with Crippen molar-refractivity contribution in [2.45, 2.75) is 33.1 Å². The summed E-state index contributed by atoms with van der Waals surface area (Å²) in [5, 5.41) is 12.8. The molecule has 128 valence electrons. The van der Waals surface area contributed by atoms with Crippen molar-refractivity contribution >= 4 is 17.5 Å². The molecular formula is C19H24N2O3. The maximum absolute atomic E-state index is 12.2. The Morgan fingerprint density at radius 1 is 1.00 bits per heavy atom. The number of hydrogen-bond acceptors (Lipinski definition) is 3. The van der Waals surface area contributed by atoms with Gasteiger partial charge in [-0.3, -0.25) is 9.59 Å². The van der Waals surface area contributed by atoms with Crippen molar-refractivity contribution in [1.29, 1.82) is 0 Å². The van der Waals surface area contributed by atoms with Crippen molar-refractivity contribution in [1.82, 2.24) is 0 Å². The van der Waals surface area contributed by atoms with E-state index in [-0.39, 0.29) is 23.0 Å². The van der Waals surface area contributed by atoms with Crippen LogP contribution >= 0.6 is 0 Å². The number of para-hydroxylation sites is 1. The topological polar surface area (TPSA) is 92.4 Å². The third kappa shape index (κ3) is 5.76. The third-order valence-electron chi connectivity index (χ3n) is 3.12. The van der Waals surface area contributed by atoms with E-state index in [9.17, 15) is 14.7 Å². The van der Waals surface area contributed by atoms with Crippen LogP contribution in [0, 0.1) is 0 Å². The van der Waals surface area contributed by atoms with Gasteiger partial charge in [0.25, 0.3) is 5.91 Å². The first-order chi connectivity index (χ1) is 11.1.